The Kier molecular flexibility index (Phi) is 6.22. The third-order valence-corrected chi connectivity index (χ3v) is 4.15. The minimum absolute atomic E-state index is 0.0210. The minimum Gasteiger partial charge on any atom is -0.384 e. The number of carbonyl (C=O) groups excluding carboxylic acids is 1. The molecule has 27 heavy (non-hydrogen) atoms. The third-order valence-electron chi connectivity index (χ3n) is 4.15. The molecule has 6 nitrogen and oxygen atoms in total. The number of rotatable bonds is 7. The van der Waals surface area contributed by atoms with Crippen LogP contribution in [0, 0.1) is 6.92 Å². The molecule has 3 aromatic rings. The lowest BCUT2D eigenvalue weighted by atomic mass is 10.0. The van der Waals surface area contributed by atoms with Crippen LogP contribution in [0.15, 0.2) is 55.0 Å². The van der Waals surface area contributed by atoms with Gasteiger partial charge in [-0.2, -0.15) is 0 Å². The number of hydrogen-bond acceptors (Lipinski definition) is 5. The number of pyridine rings is 1. The van der Waals surface area contributed by atoms with Gasteiger partial charge in [0.15, 0.2) is 0 Å². The molecule has 0 spiro atoms. The van der Waals surface area contributed by atoms with Crippen molar-refractivity contribution in [2.24, 2.45) is 0 Å². The standard InChI is InChI=1S/C21H22N4O2/c1-15-23-14-19(17-7-10-22-11-8-17)21(25-15)18-5-3-16(4-6-18)13-24-20(26)9-12-27-2/h3-8,10-11,14H,9,12-13H2,1-2H3,(H,24,26). The van der Waals surface area contributed by atoms with Gasteiger partial charge in [0.05, 0.1) is 12.3 Å². The molecule has 2 heterocycles. The Morgan fingerprint density at radius 2 is 1.81 bits per heavy atom. The van der Waals surface area contributed by atoms with Gasteiger partial charge < -0.3 is 10.1 Å². The van der Waals surface area contributed by atoms with E-state index in [0.29, 0.717) is 19.6 Å². The first kappa shape index (κ1) is 18.7. The molecular formula is C21H22N4O2. The molecule has 0 aliphatic rings. The second kappa shape index (κ2) is 9.00. The Morgan fingerprint density at radius 1 is 1.07 bits per heavy atom. The summed E-state index contributed by atoms with van der Waals surface area (Å²) in [5.41, 5.74) is 4.89. The van der Waals surface area contributed by atoms with E-state index in [4.69, 9.17) is 4.74 Å². The molecule has 2 aromatic heterocycles. The van der Waals surface area contributed by atoms with Crippen LogP contribution < -0.4 is 5.32 Å². The highest BCUT2D eigenvalue weighted by Crippen LogP contribution is 2.29. The number of methoxy groups -OCH3 is 1. The molecule has 138 valence electrons. The summed E-state index contributed by atoms with van der Waals surface area (Å²) in [6.07, 6.45) is 5.73. The predicted molar refractivity (Wildman–Crippen MR) is 104 cm³/mol. The molecule has 3 rings (SSSR count). The van der Waals surface area contributed by atoms with E-state index in [0.717, 1.165) is 33.8 Å². The SMILES string of the molecule is COCCC(=O)NCc1ccc(-c2nc(C)ncc2-c2ccncc2)cc1. The van der Waals surface area contributed by atoms with Crippen molar-refractivity contribution in [2.75, 3.05) is 13.7 Å². The Hall–Kier alpha value is -3.12. The van der Waals surface area contributed by atoms with Crippen molar-refractivity contribution in [2.45, 2.75) is 19.9 Å². The summed E-state index contributed by atoms with van der Waals surface area (Å²) in [4.78, 5) is 24.7. The zero-order valence-corrected chi connectivity index (χ0v) is 15.5. The van der Waals surface area contributed by atoms with Gasteiger partial charge in [0.1, 0.15) is 5.82 Å². The van der Waals surface area contributed by atoms with Gasteiger partial charge in [-0.05, 0) is 30.2 Å². The van der Waals surface area contributed by atoms with E-state index in [1.54, 1.807) is 19.5 Å². The quantitative estimate of drug-likeness (QED) is 0.699. The number of amides is 1. The molecule has 0 bridgehead atoms. The van der Waals surface area contributed by atoms with Crippen LogP contribution in [0.3, 0.4) is 0 Å². The van der Waals surface area contributed by atoms with E-state index in [1.807, 2.05) is 49.5 Å². The van der Waals surface area contributed by atoms with E-state index in [2.05, 4.69) is 20.3 Å². The summed E-state index contributed by atoms with van der Waals surface area (Å²) in [6, 6.07) is 11.9. The lowest BCUT2D eigenvalue weighted by molar-refractivity contribution is -0.122. The van der Waals surface area contributed by atoms with Crippen LogP contribution in [-0.4, -0.2) is 34.6 Å². The van der Waals surface area contributed by atoms with Gasteiger partial charge in [0, 0.05) is 49.8 Å². The summed E-state index contributed by atoms with van der Waals surface area (Å²) >= 11 is 0. The zero-order valence-electron chi connectivity index (χ0n) is 15.5. The summed E-state index contributed by atoms with van der Waals surface area (Å²) in [5.74, 6) is 0.699. The highest BCUT2D eigenvalue weighted by Gasteiger charge is 2.11. The first-order valence-corrected chi connectivity index (χ1v) is 8.76. The summed E-state index contributed by atoms with van der Waals surface area (Å²) < 4.78 is 4.91. The van der Waals surface area contributed by atoms with E-state index >= 15 is 0 Å². The Bertz CT molecular complexity index is 896. The predicted octanol–water partition coefficient (Wildman–Crippen LogP) is 3.17. The van der Waals surface area contributed by atoms with Crippen molar-refractivity contribution in [1.29, 1.82) is 0 Å². The molecule has 0 unspecified atom stereocenters. The Morgan fingerprint density at radius 3 is 2.52 bits per heavy atom. The topological polar surface area (TPSA) is 77.0 Å². The van der Waals surface area contributed by atoms with E-state index < -0.39 is 0 Å². The first-order valence-electron chi connectivity index (χ1n) is 8.76. The van der Waals surface area contributed by atoms with Gasteiger partial charge in [0.25, 0.3) is 0 Å². The molecule has 1 aromatic carbocycles. The summed E-state index contributed by atoms with van der Waals surface area (Å²) in [5, 5.41) is 2.89. The molecule has 6 heteroatoms. The van der Waals surface area contributed by atoms with E-state index in [-0.39, 0.29) is 5.91 Å². The molecule has 0 saturated carbocycles. The first-order chi connectivity index (χ1) is 13.2. The molecule has 0 aliphatic heterocycles. The monoisotopic (exact) mass is 362 g/mol. The summed E-state index contributed by atoms with van der Waals surface area (Å²) in [6.45, 7) is 2.79. The largest absolute Gasteiger partial charge is 0.384 e. The number of carbonyl (C=O) groups is 1. The Balaban J connectivity index is 1.79. The number of hydrogen-bond donors (Lipinski definition) is 1. The average Bonchev–Trinajstić information content (AvgIpc) is 2.71. The highest BCUT2D eigenvalue weighted by molar-refractivity contribution is 5.80. The number of aryl methyl sites for hydroxylation is 1. The molecule has 0 fully saturated rings. The van der Waals surface area contributed by atoms with Crippen molar-refractivity contribution in [1.82, 2.24) is 20.3 Å². The number of nitrogens with one attached hydrogen (secondary N) is 1. The highest BCUT2D eigenvalue weighted by atomic mass is 16.5. The maximum Gasteiger partial charge on any atom is 0.222 e. The zero-order chi connectivity index (χ0) is 19.1. The van der Waals surface area contributed by atoms with Gasteiger partial charge in [-0.15, -0.1) is 0 Å². The smallest absolute Gasteiger partial charge is 0.222 e. The maximum absolute atomic E-state index is 11.7. The molecule has 0 atom stereocenters. The minimum atomic E-state index is -0.0210. The molecular weight excluding hydrogens is 340 g/mol. The number of benzene rings is 1. The lowest BCUT2D eigenvalue weighted by Gasteiger charge is -2.11. The van der Waals surface area contributed by atoms with Gasteiger partial charge in [-0.3, -0.25) is 9.78 Å². The average molecular weight is 362 g/mol. The summed E-state index contributed by atoms with van der Waals surface area (Å²) in [7, 11) is 1.58. The van der Waals surface area contributed by atoms with Gasteiger partial charge >= 0.3 is 0 Å². The van der Waals surface area contributed by atoms with Crippen LogP contribution in [0.2, 0.25) is 0 Å². The van der Waals surface area contributed by atoms with Crippen molar-refractivity contribution in [3.05, 3.63) is 66.4 Å². The molecule has 0 aliphatic carbocycles. The van der Waals surface area contributed by atoms with Crippen LogP contribution in [-0.2, 0) is 16.1 Å². The molecule has 0 saturated heterocycles. The number of nitrogens with zero attached hydrogens (tertiary/aromatic N) is 3. The number of ether oxygens (including phenoxy) is 1. The number of aromatic nitrogens is 3. The van der Waals surface area contributed by atoms with Crippen LogP contribution in [0.25, 0.3) is 22.4 Å². The molecule has 1 amide bonds. The van der Waals surface area contributed by atoms with Crippen LogP contribution >= 0.6 is 0 Å². The van der Waals surface area contributed by atoms with E-state index in [9.17, 15) is 4.79 Å². The van der Waals surface area contributed by atoms with Crippen LogP contribution in [0.5, 0.6) is 0 Å². The van der Waals surface area contributed by atoms with Crippen molar-refractivity contribution >= 4 is 5.91 Å². The normalized spacial score (nSPS) is 10.6. The fourth-order valence-corrected chi connectivity index (χ4v) is 2.70. The van der Waals surface area contributed by atoms with Gasteiger partial charge in [-0.1, -0.05) is 24.3 Å². The van der Waals surface area contributed by atoms with Crippen LogP contribution in [0.4, 0.5) is 0 Å². The third kappa shape index (κ3) is 4.95. The lowest BCUT2D eigenvalue weighted by Crippen LogP contribution is -2.23. The van der Waals surface area contributed by atoms with Crippen molar-refractivity contribution < 1.29 is 9.53 Å². The van der Waals surface area contributed by atoms with E-state index in [1.165, 1.54) is 0 Å². The van der Waals surface area contributed by atoms with Crippen molar-refractivity contribution in [3.63, 3.8) is 0 Å². The van der Waals surface area contributed by atoms with Gasteiger partial charge in [0.2, 0.25) is 5.91 Å². The second-order valence-corrected chi connectivity index (χ2v) is 6.13. The fraction of sp³-hybridized carbons (Fsp3) is 0.238. The maximum atomic E-state index is 11.7. The fourth-order valence-electron chi connectivity index (χ4n) is 2.70. The van der Waals surface area contributed by atoms with Crippen molar-refractivity contribution in [3.8, 4) is 22.4 Å². The molecule has 0 radical (unpaired) electrons. The second-order valence-electron chi connectivity index (χ2n) is 6.13. The molecule has 1 N–H and O–H groups in total. The van der Waals surface area contributed by atoms with Crippen LogP contribution in [0.1, 0.15) is 17.8 Å². The van der Waals surface area contributed by atoms with Gasteiger partial charge in [-0.25, -0.2) is 9.97 Å². The Labute approximate surface area is 158 Å².